The largest absolute Gasteiger partial charge is 0.349 e. The fourth-order valence-corrected chi connectivity index (χ4v) is 5.60. The van der Waals surface area contributed by atoms with E-state index in [-0.39, 0.29) is 17.1 Å². The molecule has 4 saturated carbocycles. The monoisotopic (exact) mass is 332 g/mol. The lowest BCUT2D eigenvalue weighted by Gasteiger charge is -2.57. The number of carbonyl (C=O) groups is 1. The molecule has 1 atom stereocenters. The molecular weight excluding hydrogens is 308 g/mol. The molecule has 4 aliphatic carbocycles. The second-order valence-corrected chi connectivity index (χ2v) is 8.20. The van der Waals surface area contributed by atoms with Crippen LogP contribution in [0.3, 0.4) is 0 Å². The van der Waals surface area contributed by atoms with Gasteiger partial charge in [-0.15, -0.1) is 0 Å². The van der Waals surface area contributed by atoms with Crippen molar-refractivity contribution in [3.8, 4) is 0 Å². The standard InChI is InChI=1S/C17H24N4O3/c1-10-15(21(23)24)9-20(19-10)11(2)16(22)18-17-6-12-3-13(7-17)5-14(4-12)8-17/h9,11-14H,3-8H2,1-2H3,(H,18,22). The van der Waals surface area contributed by atoms with Crippen LogP contribution < -0.4 is 5.32 Å². The summed E-state index contributed by atoms with van der Waals surface area (Å²) in [6.07, 6.45) is 8.63. The van der Waals surface area contributed by atoms with Gasteiger partial charge in [0.25, 0.3) is 0 Å². The Labute approximate surface area is 140 Å². The summed E-state index contributed by atoms with van der Waals surface area (Å²) in [5.41, 5.74) is 0.257. The summed E-state index contributed by atoms with van der Waals surface area (Å²) in [6, 6.07) is -0.537. The van der Waals surface area contributed by atoms with Crippen LogP contribution in [0.4, 0.5) is 5.69 Å². The normalized spacial score (nSPS) is 35.0. The van der Waals surface area contributed by atoms with Gasteiger partial charge in [-0.05, 0) is 70.1 Å². The van der Waals surface area contributed by atoms with Crippen LogP contribution in [0.5, 0.6) is 0 Å². The number of hydrogen-bond acceptors (Lipinski definition) is 4. The number of nitro groups is 1. The Balaban J connectivity index is 1.50. The Bertz CT molecular complexity index is 661. The Morgan fingerprint density at radius 1 is 1.33 bits per heavy atom. The van der Waals surface area contributed by atoms with Crippen molar-refractivity contribution in [2.75, 3.05) is 0 Å². The molecule has 1 aromatic rings. The van der Waals surface area contributed by atoms with Crippen LogP contribution in [-0.2, 0) is 4.79 Å². The Morgan fingerprint density at radius 2 is 1.88 bits per heavy atom. The minimum Gasteiger partial charge on any atom is -0.349 e. The summed E-state index contributed by atoms with van der Waals surface area (Å²) in [5, 5.41) is 18.5. The molecule has 0 saturated heterocycles. The fraction of sp³-hybridized carbons (Fsp3) is 0.765. The Morgan fingerprint density at radius 3 is 2.33 bits per heavy atom. The third kappa shape index (κ3) is 2.50. The van der Waals surface area contributed by atoms with Crippen molar-refractivity contribution >= 4 is 11.6 Å². The molecule has 0 aromatic carbocycles. The van der Waals surface area contributed by atoms with Crippen LogP contribution in [0.1, 0.15) is 57.2 Å². The second-order valence-electron chi connectivity index (χ2n) is 8.20. The van der Waals surface area contributed by atoms with Crippen molar-refractivity contribution in [2.45, 2.75) is 64.0 Å². The molecular formula is C17H24N4O3. The van der Waals surface area contributed by atoms with E-state index in [1.165, 1.54) is 30.1 Å². The van der Waals surface area contributed by atoms with E-state index in [0.717, 1.165) is 37.0 Å². The Kier molecular flexibility index (Phi) is 3.44. The van der Waals surface area contributed by atoms with Gasteiger partial charge in [0, 0.05) is 5.54 Å². The molecule has 5 rings (SSSR count). The highest BCUT2D eigenvalue weighted by Crippen LogP contribution is 2.55. The first-order valence-electron chi connectivity index (χ1n) is 8.87. The maximum atomic E-state index is 12.8. The predicted molar refractivity (Wildman–Crippen MR) is 87.4 cm³/mol. The molecule has 4 aliphatic rings. The second kappa shape index (κ2) is 5.29. The summed E-state index contributed by atoms with van der Waals surface area (Å²) >= 11 is 0. The van der Waals surface area contributed by atoms with Gasteiger partial charge in [-0.3, -0.25) is 19.6 Å². The zero-order valence-electron chi connectivity index (χ0n) is 14.2. The number of aromatic nitrogens is 2. The van der Waals surface area contributed by atoms with Gasteiger partial charge >= 0.3 is 5.69 Å². The van der Waals surface area contributed by atoms with Crippen molar-refractivity contribution in [1.29, 1.82) is 0 Å². The summed E-state index contributed by atoms with van der Waals surface area (Å²) in [5.74, 6) is 2.22. The zero-order chi connectivity index (χ0) is 17.1. The first kappa shape index (κ1) is 15.6. The maximum Gasteiger partial charge on any atom is 0.309 e. The van der Waals surface area contributed by atoms with Gasteiger partial charge in [-0.1, -0.05) is 0 Å². The molecule has 7 nitrogen and oxygen atoms in total. The molecule has 0 aliphatic heterocycles. The highest BCUT2D eigenvalue weighted by Gasteiger charge is 2.51. The summed E-state index contributed by atoms with van der Waals surface area (Å²) < 4.78 is 1.42. The highest BCUT2D eigenvalue weighted by atomic mass is 16.6. The molecule has 1 heterocycles. The summed E-state index contributed by atoms with van der Waals surface area (Å²) in [4.78, 5) is 23.3. The molecule has 1 aromatic heterocycles. The maximum absolute atomic E-state index is 12.8. The topological polar surface area (TPSA) is 90.1 Å². The number of rotatable bonds is 4. The lowest BCUT2D eigenvalue weighted by atomic mass is 9.53. The first-order valence-corrected chi connectivity index (χ1v) is 8.87. The summed E-state index contributed by atoms with van der Waals surface area (Å²) in [7, 11) is 0. The highest BCUT2D eigenvalue weighted by molar-refractivity contribution is 5.80. The van der Waals surface area contributed by atoms with E-state index < -0.39 is 11.0 Å². The fourth-order valence-electron chi connectivity index (χ4n) is 5.60. The average molecular weight is 332 g/mol. The van der Waals surface area contributed by atoms with Crippen molar-refractivity contribution < 1.29 is 9.72 Å². The van der Waals surface area contributed by atoms with Crippen LogP contribution in [0.2, 0.25) is 0 Å². The van der Waals surface area contributed by atoms with Crippen molar-refractivity contribution in [3.05, 3.63) is 22.0 Å². The zero-order valence-corrected chi connectivity index (χ0v) is 14.2. The smallest absolute Gasteiger partial charge is 0.309 e. The molecule has 1 N–H and O–H groups in total. The quantitative estimate of drug-likeness (QED) is 0.678. The van der Waals surface area contributed by atoms with E-state index in [1.54, 1.807) is 13.8 Å². The molecule has 4 fully saturated rings. The van der Waals surface area contributed by atoms with Gasteiger partial charge in [0.15, 0.2) is 0 Å². The van der Waals surface area contributed by atoms with Crippen molar-refractivity contribution in [1.82, 2.24) is 15.1 Å². The number of hydrogen-bond donors (Lipinski definition) is 1. The van der Waals surface area contributed by atoms with Crippen LogP contribution in [-0.4, -0.2) is 26.1 Å². The molecule has 4 bridgehead atoms. The van der Waals surface area contributed by atoms with E-state index in [2.05, 4.69) is 10.4 Å². The minimum absolute atomic E-state index is 0.0375. The van der Waals surface area contributed by atoms with Gasteiger partial charge in [0.2, 0.25) is 5.91 Å². The van der Waals surface area contributed by atoms with Crippen LogP contribution in [0, 0.1) is 34.8 Å². The lowest BCUT2D eigenvalue weighted by molar-refractivity contribution is -0.385. The van der Waals surface area contributed by atoms with Crippen molar-refractivity contribution in [3.63, 3.8) is 0 Å². The van der Waals surface area contributed by atoms with E-state index >= 15 is 0 Å². The summed E-state index contributed by atoms with van der Waals surface area (Å²) in [6.45, 7) is 3.35. The van der Waals surface area contributed by atoms with E-state index in [1.807, 2.05) is 0 Å². The van der Waals surface area contributed by atoms with Gasteiger partial charge in [0.05, 0.1) is 4.92 Å². The number of aryl methyl sites for hydroxylation is 1. The van der Waals surface area contributed by atoms with Crippen LogP contribution >= 0.6 is 0 Å². The van der Waals surface area contributed by atoms with Gasteiger partial charge in [-0.25, -0.2) is 0 Å². The van der Waals surface area contributed by atoms with E-state index in [4.69, 9.17) is 0 Å². The number of carbonyl (C=O) groups excluding carboxylic acids is 1. The molecule has 0 radical (unpaired) electrons. The molecule has 7 heteroatoms. The molecule has 1 amide bonds. The van der Waals surface area contributed by atoms with Crippen molar-refractivity contribution in [2.24, 2.45) is 17.8 Å². The predicted octanol–water partition coefficient (Wildman–Crippen LogP) is 2.75. The van der Waals surface area contributed by atoms with Gasteiger partial charge in [0.1, 0.15) is 17.9 Å². The third-order valence-corrected chi connectivity index (χ3v) is 6.29. The average Bonchev–Trinajstić information content (AvgIpc) is 2.86. The lowest BCUT2D eigenvalue weighted by Crippen LogP contribution is -2.60. The molecule has 24 heavy (non-hydrogen) atoms. The van der Waals surface area contributed by atoms with E-state index in [9.17, 15) is 14.9 Å². The number of nitrogens with one attached hydrogen (secondary N) is 1. The number of nitrogens with zero attached hydrogens (tertiary/aromatic N) is 3. The SMILES string of the molecule is Cc1nn(C(C)C(=O)NC23CC4CC(CC(C4)C2)C3)cc1[N+](=O)[O-]. The van der Waals surface area contributed by atoms with Gasteiger partial charge in [-0.2, -0.15) is 5.10 Å². The van der Waals surface area contributed by atoms with E-state index in [0.29, 0.717) is 5.69 Å². The van der Waals surface area contributed by atoms with Crippen LogP contribution in [0.15, 0.2) is 6.20 Å². The number of amides is 1. The molecule has 1 unspecified atom stereocenters. The first-order chi connectivity index (χ1) is 11.3. The molecule has 0 spiro atoms. The van der Waals surface area contributed by atoms with Gasteiger partial charge < -0.3 is 5.32 Å². The van der Waals surface area contributed by atoms with Crippen LogP contribution in [0.25, 0.3) is 0 Å². The minimum atomic E-state index is -0.537. The third-order valence-electron chi connectivity index (χ3n) is 6.29. The molecule has 130 valence electrons. The Hall–Kier alpha value is -1.92.